The maximum absolute atomic E-state index is 12.2. The van der Waals surface area contributed by atoms with E-state index in [1.165, 1.54) is 24.0 Å². The van der Waals surface area contributed by atoms with Crippen LogP contribution < -0.4 is 10.6 Å². The molecule has 2 unspecified atom stereocenters. The van der Waals surface area contributed by atoms with Crippen molar-refractivity contribution >= 4 is 11.7 Å². The lowest BCUT2D eigenvalue weighted by atomic mass is 9.94. The van der Waals surface area contributed by atoms with Crippen LogP contribution in [0.2, 0.25) is 0 Å². The van der Waals surface area contributed by atoms with Gasteiger partial charge in [-0.15, -0.1) is 0 Å². The van der Waals surface area contributed by atoms with Gasteiger partial charge in [0, 0.05) is 24.8 Å². The number of aryl methyl sites for hydroxylation is 1. The zero-order chi connectivity index (χ0) is 19.1. The highest BCUT2D eigenvalue weighted by molar-refractivity contribution is 5.89. The van der Waals surface area contributed by atoms with Crippen molar-refractivity contribution in [2.45, 2.75) is 39.2 Å². The van der Waals surface area contributed by atoms with Gasteiger partial charge in [0.25, 0.3) is 0 Å². The molecular weight excluding hydrogens is 334 g/mol. The number of rotatable bonds is 6. The van der Waals surface area contributed by atoms with Crippen molar-refractivity contribution in [1.29, 1.82) is 0 Å². The summed E-state index contributed by atoms with van der Waals surface area (Å²) in [5, 5.41) is 5.97. The van der Waals surface area contributed by atoms with Crippen LogP contribution in [0.5, 0.6) is 0 Å². The molecule has 3 rings (SSSR count). The molecule has 4 nitrogen and oxygen atoms in total. The molecule has 1 fully saturated rings. The fourth-order valence-electron chi connectivity index (χ4n) is 3.98. The molecule has 0 saturated carbocycles. The molecule has 2 amide bonds. The van der Waals surface area contributed by atoms with Gasteiger partial charge >= 0.3 is 6.03 Å². The van der Waals surface area contributed by atoms with Gasteiger partial charge in [-0.2, -0.15) is 0 Å². The average molecular weight is 366 g/mol. The predicted octanol–water partition coefficient (Wildman–Crippen LogP) is 4.98. The first-order chi connectivity index (χ1) is 13.2. The second-order valence-electron chi connectivity index (χ2n) is 7.54. The number of benzene rings is 2. The van der Waals surface area contributed by atoms with Crippen molar-refractivity contribution in [2.24, 2.45) is 5.92 Å². The fraction of sp³-hybridized carbons (Fsp3) is 0.435. The molecule has 0 aromatic heterocycles. The molecule has 1 aliphatic heterocycles. The molecule has 2 aromatic carbocycles. The topological polar surface area (TPSA) is 44.4 Å². The van der Waals surface area contributed by atoms with Crippen LogP contribution in [0.15, 0.2) is 54.6 Å². The van der Waals surface area contributed by atoms with E-state index < -0.39 is 0 Å². The summed E-state index contributed by atoms with van der Waals surface area (Å²) < 4.78 is 0. The minimum absolute atomic E-state index is 0.119. The van der Waals surface area contributed by atoms with Crippen molar-refractivity contribution in [1.82, 2.24) is 10.2 Å². The van der Waals surface area contributed by atoms with E-state index in [2.05, 4.69) is 52.8 Å². The first kappa shape index (κ1) is 19.4. The summed E-state index contributed by atoms with van der Waals surface area (Å²) in [5.41, 5.74) is 3.41. The van der Waals surface area contributed by atoms with E-state index in [1.54, 1.807) is 0 Å². The Hall–Kier alpha value is -2.33. The number of nitrogens with zero attached hydrogens (tertiary/aromatic N) is 1. The number of urea groups is 1. The number of hydrogen-bond donors (Lipinski definition) is 2. The highest BCUT2D eigenvalue weighted by Crippen LogP contribution is 2.29. The number of nitrogens with one attached hydrogen (secondary N) is 2. The van der Waals surface area contributed by atoms with E-state index in [9.17, 15) is 4.79 Å². The Kier molecular flexibility index (Phi) is 6.88. The summed E-state index contributed by atoms with van der Waals surface area (Å²) in [6, 6.07) is 19.0. The van der Waals surface area contributed by atoms with Crippen LogP contribution in [0.25, 0.3) is 0 Å². The van der Waals surface area contributed by atoms with Crippen LogP contribution in [0.3, 0.4) is 0 Å². The third-order valence-corrected chi connectivity index (χ3v) is 5.42. The summed E-state index contributed by atoms with van der Waals surface area (Å²) >= 11 is 0. The van der Waals surface area contributed by atoms with Gasteiger partial charge < -0.3 is 10.6 Å². The lowest BCUT2D eigenvalue weighted by molar-refractivity contribution is 0.119. The fourth-order valence-corrected chi connectivity index (χ4v) is 3.98. The second kappa shape index (κ2) is 9.56. The van der Waals surface area contributed by atoms with E-state index in [0.29, 0.717) is 12.0 Å². The summed E-state index contributed by atoms with van der Waals surface area (Å²) in [6.07, 6.45) is 3.47. The van der Waals surface area contributed by atoms with Crippen LogP contribution in [-0.4, -0.2) is 30.6 Å². The number of likely N-dealkylation sites (tertiary alicyclic amines) is 1. The zero-order valence-electron chi connectivity index (χ0n) is 16.4. The maximum atomic E-state index is 12.2. The van der Waals surface area contributed by atoms with Crippen molar-refractivity contribution in [3.63, 3.8) is 0 Å². The first-order valence-electron chi connectivity index (χ1n) is 10.1. The lowest BCUT2D eigenvalue weighted by Gasteiger charge is -2.38. The average Bonchev–Trinajstić information content (AvgIpc) is 2.70. The van der Waals surface area contributed by atoms with Gasteiger partial charge in [-0.3, -0.25) is 4.90 Å². The Balaban J connectivity index is 1.50. The van der Waals surface area contributed by atoms with Gasteiger partial charge in [-0.05, 0) is 56.3 Å². The number of hydrogen-bond acceptors (Lipinski definition) is 2. The minimum atomic E-state index is -0.119. The number of carbonyl (C=O) groups is 1. The Morgan fingerprint density at radius 2 is 1.89 bits per heavy atom. The second-order valence-corrected chi connectivity index (χ2v) is 7.54. The smallest absolute Gasteiger partial charge is 0.319 e. The maximum Gasteiger partial charge on any atom is 0.319 e. The van der Waals surface area contributed by atoms with E-state index >= 15 is 0 Å². The van der Waals surface area contributed by atoms with Crippen LogP contribution in [-0.2, 0) is 0 Å². The molecule has 4 heteroatoms. The van der Waals surface area contributed by atoms with Gasteiger partial charge in [0.1, 0.15) is 0 Å². The molecule has 1 heterocycles. The molecule has 1 aliphatic rings. The quantitative estimate of drug-likeness (QED) is 0.758. The van der Waals surface area contributed by atoms with Crippen molar-refractivity contribution in [3.05, 3.63) is 65.7 Å². The summed E-state index contributed by atoms with van der Waals surface area (Å²) in [4.78, 5) is 14.8. The first-order valence-corrected chi connectivity index (χ1v) is 10.1. The Labute approximate surface area is 163 Å². The van der Waals surface area contributed by atoms with Crippen LogP contribution in [0.1, 0.15) is 43.4 Å². The SMILES string of the molecule is CCC(c1ccccc1)N1CCCC(CNC(=O)Nc2ccc(C)cc2)C1. The van der Waals surface area contributed by atoms with Gasteiger partial charge in [-0.25, -0.2) is 4.79 Å². The largest absolute Gasteiger partial charge is 0.338 e. The molecule has 2 atom stereocenters. The van der Waals surface area contributed by atoms with Crippen molar-refractivity contribution < 1.29 is 4.79 Å². The normalized spacial score (nSPS) is 18.7. The van der Waals surface area contributed by atoms with Crippen LogP contribution in [0, 0.1) is 12.8 Å². The van der Waals surface area contributed by atoms with Gasteiger partial charge in [0.15, 0.2) is 0 Å². The monoisotopic (exact) mass is 365 g/mol. The standard InChI is InChI=1S/C23H31N3O/c1-3-22(20-9-5-4-6-10-20)26-15-7-8-19(17-26)16-24-23(27)25-21-13-11-18(2)12-14-21/h4-6,9-14,19,22H,3,7-8,15-17H2,1-2H3,(H2,24,25,27). The number of piperidine rings is 1. The van der Waals surface area contributed by atoms with Crippen molar-refractivity contribution in [3.8, 4) is 0 Å². The molecule has 1 saturated heterocycles. The molecule has 0 spiro atoms. The molecular formula is C23H31N3O. The molecule has 2 N–H and O–H groups in total. The Bertz CT molecular complexity index is 714. The van der Waals surface area contributed by atoms with Gasteiger partial charge in [0.2, 0.25) is 0 Å². The zero-order valence-corrected chi connectivity index (χ0v) is 16.4. The predicted molar refractivity (Wildman–Crippen MR) is 112 cm³/mol. The summed E-state index contributed by atoms with van der Waals surface area (Å²) in [5.74, 6) is 0.500. The third kappa shape index (κ3) is 5.57. The summed E-state index contributed by atoms with van der Waals surface area (Å²) in [6.45, 7) is 7.20. The lowest BCUT2D eigenvalue weighted by Crippen LogP contribution is -2.43. The highest BCUT2D eigenvalue weighted by Gasteiger charge is 2.26. The molecule has 27 heavy (non-hydrogen) atoms. The third-order valence-electron chi connectivity index (χ3n) is 5.42. The molecule has 2 aromatic rings. The summed E-state index contributed by atoms with van der Waals surface area (Å²) in [7, 11) is 0. The van der Waals surface area contributed by atoms with E-state index in [4.69, 9.17) is 0 Å². The Morgan fingerprint density at radius 1 is 1.15 bits per heavy atom. The Morgan fingerprint density at radius 3 is 2.59 bits per heavy atom. The van der Waals surface area contributed by atoms with Gasteiger partial charge in [0.05, 0.1) is 0 Å². The highest BCUT2D eigenvalue weighted by atomic mass is 16.2. The number of carbonyl (C=O) groups excluding carboxylic acids is 1. The van der Waals surface area contributed by atoms with E-state index in [1.807, 2.05) is 31.2 Å². The molecule has 0 bridgehead atoms. The van der Waals surface area contributed by atoms with E-state index in [0.717, 1.165) is 31.7 Å². The van der Waals surface area contributed by atoms with Crippen LogP contribution in [0.4, 0.5) is 10.5 Å². The van der Waals surface area contributed by atoms with Crippen LogP contribution >= 0.6 is 0 Å². The van der Waals surface area contributed by atoms with E-state index in [-0.39, 0.29) is 6.03 Å². The minimum Gasteiger partial charge on any atom is -0.338 e. The number of amides is 2. The van der Waals surface area contributed by atoms with Gasteiger partial charge in [-0.1, -0.05) is 55.0 Å². The number of anilines is 1. The molecule has 144 valence electrons. The molecule has 0 radical (unpaired) electrons. The van der Waals surface area contributed by atoms with Crippen molar-refractivity contribution in [2.75, 3.05) is 25.0 Å². The molecule has 0 aliphatic carbocycles.